The maximum absolute atomic E-state index is 12.7. The quantitative estimate of drug-likeness (QED) is 0.478. The number of amides is 1. The normalized spacial score (nSPS) is 11.3. The summed E-state index contributed by atoms with van der Waals surface area (Å²) in [6, 6.07) is 21.2. The summed E-state index contributed by atoms with van der Waals surface area (Å²) in [7, 11) is 0. The van der Waals surface area contributed by atoms with Gasteiger partial charge in [0.05, 0.1) is 6.10 Å². The van der Waals surface area contributed by atoms with Gasteiger partial charge in [0.1, 0.15) is 17.4 Å². The number of hydrogen-bond donors (Lipinski definition) is 1. The predicted octanol–water partition coefficient (Wildman–Crippen LogP) is 5.48. The van der Waals surface area contributed by atoms with Crippen molar-refractivity contribution in [2.45, 2.75) is 26.9 Å². The Hall–Kier alpha value is -3.58. The van der Waals surface area contributed by atoms with Crippen molar-refractivity contribution in [1.82, 2.24) is 0 Å². The number of carbonyl (C=O) groups excluding carboxylic acids is 1. The molecule has 28 heavy (non-hydrogen) atoms. The summed E-state index contributed by atoms with van der Waals surface area (Å²) in [5.41, 5.74) is 2.43. The molecule has 0 radical (unpaired) electrons. The van der Waals surface area contributed by atoms with E-state index in [0.29, 0.717) is 11.4 Å². The molecule has 0 fully saturated rings. The Morgan fingerprint density at radius 3 is 2.61 bits per heavy atom. The van der Waals surface area contributed by atoms with E-state index in [-0.39, 0.29) is 11.7 Å². The number of benzene rings is 3. The topological polar surface area (TPSA) is 62.1 Å². The largest absolute Gasteiger partial charge is 0.490 e. The Morgan fingerprint density at radius 2 is 1.89 bits per heavy atom. The fourth-order valence-electron chi connectivity index (χ4n) is 3.00. The Balaban J connectivity index is 2.04. The van der Waals surface area contributed by atoms with Crippen LogP contribution in [0.3, 0.4) is 0 Å². The minimum atomic E-state index is -0.448. The average molecular weight is 370 g/mol. The first kappa shape index (κ1) is 19.2. The minimum Gasteiger partial charge on any atom is -0.490 e. The predicted molar refractivity (Wildman–Crippen MR) is 113 cm³/mol. The van der Waals surface area contributed by atoms with E-state index >= 15 is 0 Å². The van der Waals surface area contributed by atoms with Crippen LogP contribution in [0.1, 0.15) is 25.0 Å². The first-order valence-electron chi connectivity index (χ1n) is 9.16. The van der Waals surface area contributed by atoms with E-state index in [2.05, 4.69) is 5.32 Å². The Kier molecular flexibility index (Phi) is 5.76. The lowest BCUT2D eigenvalue weighted by Crippen LogP contribution is -2.13. The van der Waals surface area contributed by atoms with Crippen LogP contribution in [0.2, 0.25) is 0 Å². The molecule has 0 bridgehead atoms. The van der Waals surface area contributed by atoms with Gasteiger partial charge in [-0.2, -0.15) is 5.26 Å². The van der Waals surface area contributed by atoms with Crippen molar-refractivity contribution in [2.24, 2.45) is 0 Å². The lowest BCUT2D eigenvalue weighted by molar-refractivity contribution is -0.112. The second-order valence-electron chi connectivity index (χ2n) is 6.86. The lowest BCUT2D eigenvalue weighted by Gasteiger charge is -2.15. The number of fused-ring (bicyclic) bond motifs is 1. The van der Waals surface area contributed by atoms with Crippen molar-refractivity contribution in [2.75, 3.05) is 5.32 Å². The van der Waals surface area contributed by atoms with Crippen molar-refractivity contribution in [1.29, 1.82) is 5.26 Å². The van der Waals surface area contributed by atoms with E-state index in [1.807, 2.05) is 81.4 Å². The van der Waals surface area contributed by atoms with Gasteiger partial charge >= 0.3 is 0 Å². The van der Waals surface area contributed by atoms with Gasteiger partial charge in [-0.1, -0.05) is 42.5 Å². The summed E-state index contributed by atoms with van der Waals surface area (Å²) < 4.78 is 5.93. The van der Waals surface area contributed by atoms with Crippen LogP contribution >= 0.6 is 0 Å². The molecule has 1 amide bonds. The molecule has 0 spiro atoms. The molecule has 3 aromatic rings. The highest BCUT2D eigenvalue weighted by molar-refractivity contribution is 6.11. The minimum absolute atomic E-state index is 0.0199. The van der Waals surface area contributed by atoms with Crippen LogP contribution in [0.5, 0.6) is 5.75 Å². The van der Waals surface area contributed by atoms with Crippen LogP contribution in [0.25, 0.3) is 16.8 Å². The van der Waals surface area contributed by atoms with Crippen molar-refractivity contribution in [3.05, 3.63) is 77.4 Å². The molecule has 0 unspecified atom stereocenters. The molecule has 4 heteroatoms. The second kappa shape index (κ2) is 8.41. The highest BCUT2D eigenvalue weighted by Crippen LogP contribution is 2.31. The number of hydrogen-bond acceptors (Lipinski definition) is 3. The molecule has 0 aliphatic rings. The number of nitriles is 1. The summed E-state index contributed by atoms with van der Waals surface area (Å²) in [5.74, 6) is 0.196. The van der Waals surface area contributed by atoms with Crippen molar-refractivity contribution >= 4 is 28.4 Å². The Labute approximate surface area is 165 Å². The first-order chi connectivity index (χ1) is 13.5. The molecular weight excluding hydrogens is 348 g/mol. The van der Waals surface area contributed by atoms with Gasteiger partial charge in [0.2, 0.25) is 0 Å². The molecule has 1 N–H and O–H groups in total. The molecule has 0 atom stereocenters. The Bertz CT molecular complexity index is 1090. The summed E-state index contributed by atoms with van der Waals surface area (Å²) in [5, 5.41) is 14.3. The van der Waals surface area contributed by atoms with E-state index in [4.69, 9.17) is 4.74 Å². The van der Waals surface area contributed by atoms with Crippen molar-refractivity contribution in [3.63, 3.8) is 0 Å². The van der Waals surface area contributed by atoms with Crippen LogP contribution in [-0.4, -0.2) is 12.0 Å². The van der Waals surface area contributed by atoms with Crippen molar-refractivity contribution in [3.8, 4) is 11.8 Å². The van der Waals surface area contributed by atoms with E-state index in [1.54, 1.807) is 12.1 Å². The van der Waals surface area contributed by atoms with Crippen LogP contribution in [0.15, 0.2) is 66.2 Å². The smallest absolute Gasteiger partial charge is 0.266 e. The van der Waals surface area contributed by atoms with Crippen LogP contribution in [-0.2, 0) is 4.79 Å². The monoisotopic (exact) mass is 370 g/mol. The molecule has 4 nitrogen and oxygen atoms in total. The number of anilines is 1. The molecule has 0 aliphatic heterocycles. The standard InChI is InChI=1S/C24H22N2O2/c1-16(2)28-23-12-11-18-8-4-5-10-21(18)22(23)14-19(15-25)24(27)26-20-9-6-7-17(3)13-20/h4-14,16H,1-3H3,(H,26,27)/b19-14+. The number of ether oxygens (including phenoxy) is 1. The van der Waals surface area contributed by atoms with Gasteiger partial charge in [-0.15, -0.1) is 0 Å². The molecule has 3 aromatic carbocycles. The van der Waals surface area contributed by atoms with Gasteiger partial charge < -0.3 is 10.1 Å². The zero-order valence-corrected chi connectivity index (χ0v) is 16.2. The number of nitrogens with zero attached hydrogens (tertiary/aromatic N) is 1. The van der Waals surface area contributed by atoms with E-state index in [0.717, 1.165) is 21.9 Å². The highest BCUT2D eigenvalue weighted by atomic mass is 16.5. The van der Waals surface area contributed by atoms with Gasteiger partial charge in [-0.05, 0) is 61.4 Å². The zero-order chi connectivity index (χ0) is 20.1. The van der Waals surface area contributed by atoms with Gasteiger partial charge in [0, 0.05) is 11.3 Å². The van der Waals surface area contributed by atoms with Gasteiger partial charge in [-0.25, -0.2) is 0 Å². The molecule has 3 rings (SSSR count). The van der Waals surface area contributed by atoms with Gasteiger partial charge in [0.25, 0.3) is 5.91 Å². The number of nitrogens with one attached hydrogen (secondary N) is 1. The summed E-state index contributed by atoms with van der Waals surface area (Å²) in [6.45, 7) is 5.83. The lowest BCUT2D eigenvalue weighted by atomic mass is 10.0. The molecule has 0 aliphatic carbocycles. The fraction of sp³-hybridized carbons (Fsp3) is 0.167. The third-order valence-electron chi connectivity index (χ3n) is 4.22. The average Bonchev–Trinajstić information content (AvgIpc) is 2.66. The van der Waals surface area contributed by atoms with E-state index < -0.39 is 5.91 Å². The van der Waals surface area contributed by atoms with Crippen LogP contribution < -0.4 is 10.1 Å². The van der Waals surface area contributed by atoms with Crippen LogP contribution in [0, 0.1) is 18.3 Å². The molecular formula is C24H22N2O2. The van der Waals surface area contributed by atoms with Crippen molar-refractivity contribution < 1.29 is 9.53 Å². The molecule has 0 heterocycles. The van der Waals surface area contributed by atoms with Crippen LogP contribution in [0.4, 0.5) is 5.69 Å². The summed E-state index contributed by atoms with van der Waals surface area (Å²) in [4.78, 5) is 12.7. The molecule has 0 saturated heterocycles. The van der Waals surface area contributed by atoms with Gasteiger partial charge in [-0.3, -0.25) is 4.79 Å². The van der Waals surface area contributed by atoms with E-state index in [9.17, 15) is 10.1 Å². The summed E-state index contributed by atoms with van der Waals surface area (Å²) >= 11 is 0. The molecule has 140 valence electrons. The zero-order valence-electron chi connectivity index (χ0n) is 16.2. The Morgan fingerprint density at radius 1 is 1.11 bits per heavy atom. The number of carbonyl (C=O) groups is 1. The van der Waals surface area contributed by atoms with Gasteiger partial charge in [0.15, 0.2) is 0 Å². The third-order valence-corrected chi connectivity index (χ3v) is 4.22. The number of aryl methyl sites for hydroxylation is 1. The highest BCUT2D eigenvalue weighted by Gasteiger charge is 2.14. The first-order valence-corrected chi connectivity index (χ1v) is 9.16. The SMILES string of the molecule is Cc1cccc(NC(=O)/C(C#N)=C/c2c(OC(C)C)ccc3ccccc23)c1. The summed E-state index contributed by atoms with van der Waals surface area (Å²) in [6.07, 6.45) is 1.57. The fourth-order valence-corrected chi connectivity index (χ4v) is 3.00. The second-order valence-corrected chi connectivity index (χ2v) is 6.86. The van der Waals surface area contributed by atoms with E-state index in [1.165, 1.54) is 0 Å². The molecule has 0 saturated carbocycles. The number of rotatable bonds is 5. The third kappa shape index (κ3) is 4.39. The maximum atomic E-state index is 12.7. The molecule has 0 aromatic heterocycles. The maximum Gasteiger partial charge on any atom is 0.266 e.